The van der Waals surface area contributed by atoms with Crippen LogP contribution in [-0.4, -0.2) is 53.7 Å². The van der Waals surface area contributed by atoms with Gasteiger partial charge in [-0.2, -0.15) is 0 Å². The van der Waals surface area contributed by atoms with Crippen molar-refractivity contribution in [3.05, 3.63) is 60.7 Å². The summed E-state index contributed by atoms with van der Waals surface area (Å²) in [4.78, 5) is 4.75. The number of piperazine rings is 1. The maximum Gasteiger partial charge on any atom is 0.261 e. The van der Waals surface area contributed by atoms with Crippen LogP contribution in [-0.2, 0) is 10.0 Å². The fourth-order valence-corrected chi connectivity index (χ4v) is 4.68. The molecule has 0 unspecified atom stereocenters. The fraction of sp³-hybridized carbons (Fsp3) is 0.273. The van der Waals surface area contributed by atoms with Crippen LogP contribution in [0.25, 0.3) is 10.8 Å². The lowest BCUT2D eigenvalue weighted by atomic mass is 10.1. The fourth-order valence-electron chi connectivity index (χ4n) is 3.60. The van der Waals surface area contributed by atoms with E-state index in [-0.39, 0.29) is 4.90 Å². The first kappa shape index (κ1) is 19.5. The van der Waals surface area contributed by atoms with Crippen molar-refractivity contribution >= 4 is 32.2 Å². The summed E-state index contributed by atoms with van der Waals surface area (Å²) in [5.41, 5.74) is 1.42. The van der Waals surface area contributed by atoms with Gasteiger partial charge in [0.05, 0.1) is 23.4 Å². The molecule has 29 heavy (non-hydrogen) atoms. The van der Waals surface area contributed by atoms with E-state index in [1.165, 1.54) is 0 Å². The van der Waals surface area contributed by atoms with Crippen LogP contribution in [0.1, 0.15) is 0 Å². The second kappa shape index (κ2) is 7.93. The van der Waals surface area contributed by atoms with Gasteiger partial charge in [-0.15, -0.1) is 0 Å². The number of benzene rings is 3. The number of fused-ring (bicyclic) bond motifs is 1. The van der Waals surface area contributed by atoms with Gasteiger partial charge in [0.15, 0.2) is 0 Å². The van der Waals surface area contributed by atoms with Gasteiger partial charge in [-0.05, 0) is 48.2 Å². The Kier molecular flexibility index (Phi) is 5.34. The summed E-state index contributed by atoms with van der Waals surface area (Å²) in [6.07, 6.45) is 0. The molecule has 4 rings (SSSR count). The zero-order valence-corrected chi connectivity index (χ0v) is 17.4. The van der Waals surface area contributed by atoms with E-state index in [2.05, 4.69) is 21.6 Å². The van der Waals surface area contributed by atoms with Crippen molar-refractivity contribution in [3.8, 4) is 5.75 Å². The molecule has 0 amide bonds. The predicted octanol–water partition coefficient (Wildman–Crippen LogP) is 3.40. The summed E-state index contributed by atoms with van der Waals surface area (Å²) in [6, 6.07) is 18.3. The van der Waals surface area contributed by atoms with Crippen LogP contribution in [0.15, 0.2) is 65.6 Å². The lowest BCUT2D eigenvalue weighted by Gasteiger charge is -2.35. The standard InChI is InChI=1S/C22H25N3O3S/c1-24-11-13-25(14-12-24)21-16-19(8-10-22(21)28-2)23-29(26,27)20-9-7-17-5-3-4-6-18(17)15-20/h3-10,15-16,23H,11-14H2,1-2H3. The van der Waals surface area contributed by atoms with E-state index in [0.29, 0.717) is 5.69 Å². The van der Waals surface area contributed by atoms with Crippen LogP contribution in [0.4, 0.5) is 11.4 Å². The Labute approximate surface area is 171 Å². The van der Waals surface area contributed by atoms with Crippen molar-refractivity contribution in [2.24, 2.45) is 0 Å². The van der Waals surface area contributed by atoms with E-state index < -0.39 is 10.0 Å². The summed E-state index contributed by atoms with van der Waals surface area (Å²) in [5, 5.41) is 1.90. The average Bonchev–Trinajstić information content (AvgIpc) is 2.73. The van der Waals surface area contributed by atoms with Gasteiger partial charge in [-0.3, -0.25) is 4.72 Å². The van der Waals surface area contributed by atoms with E-state index in [9.17, 15) is 8.42 Å². The summed E-state index contributed by atoms with van der Waals surface area (Å²) < 4.78 is 34.2. The second-order valence-electron chi connectivity index (χ2n) is 7.29. The molecule has 3 aromatic carbocycles. The Hall–Kier alpha value is -2.77. The largest absolute Gasteiger partial charge is 0.495 e. The molecule has 1 aliphatic rings. The van der Waals surface area contributed by atoms with Crippen molar-refractivity contribution in [3.63, 3.8) is 0 Å². The zero-order valence-electron chi connectivity index (χ0n) is 16.6. The van der Waals surface area contributed by atoms with Crippen LogP contribution in [0, 0.1) is 0 Å². The highest BCUT2D eigenvalue weighted by molar-refractivity contribution is 7.92. The highest BCUT2D eigenvalue weighted by atomic mass is 32.2. The summed E-state index contributed by atoms with van der Waals surface area (Å²) in [6.45, 7) is 3.65. The highest BCUT2D eigenvalue weighted by Gasteiger charge is 2.20. The zero-order chi connectivity index (χ0) is 20.4. The molecule has 1 aliphatic heterocycles. The molecule has 0 atom stereocenters. The normalized spacial score (nSPS) is 15.4. The van der Waals surface area contributed by atoms with E-state index >= 15 is 0 Å². The monoisotopic (exact) mass is 411 g/mol. The Morgan fingerprint density at radius 1 is 0.897 bits per heavy atom. The molecule has 0 aromatic heterocycles. The number of nitrogens with zero attached hydrogens (tertiary/aromatic N) is 2. The van der Waals surface area contributed by atoms with Gasteiger partial charge in [-0.25, -0.2) is 8.42 Å². The molecule has 3 aromatic rings. The van der Waals surface area contributed by atoms with E-state index in [1.807, 2.05) is 42.5 Å². The smallest absolute Gasteiger partial charge is 0.261 e. The highest BCUT2D eigenvalue weighted by Crippen LogP contribution is 2.33. The molecular formula is C22H25N3O3S. The third-order valence-corrected chi connectivity index (χ3v) is 6.69. The molecule has 0 saturated carbocycles. The molecule has 7 heteroatoms. The van der Waals surface area contributed by atoms with Crippen LogP contribution in [0.2, 0.25) is 0 Å². The Bertz CT molecular complexity index is 1120. The van der Waals surface area contributed by atoms with Gasteiger partial charge >= 0.3 is 0 Å². The molecule has 1 N–H and O–H groups in total. The molecule has 6 nitrogen and oxygen atoms in total. The Morgan fingerprint density at radius 2 is 1.62 bits per heavy atom. The van der Waals surface area contributed by atoms with Crippen molar-refractivity contribution < 1.29 is 13.2 Å². The van der Waals surface area contributed by atoms with Gasteiger partial charge in [0, 0.05) is 26.2 Å². The lowest BCUT2D eigenvalue weighted by molar-refractivity contribution is 0.311. The van der Waals surface area contributed by atoms with E-state index in [4.69, 9.17) is 4.74 Å². The molecule has 0 bridgehead atoms. The third-order valence-electron chi connectivity index (χ3n) is 5.31. The Morgan fingerprint density at radius 3 is 2.34 bits per heavy atom. The number of hydrogen-bond donors (Lipinski definition) is 1. The van der Waals surface area contributed by atoms with E-state index in [0.717, 1.165) is 48.4 Å². The molecule has 1 fully saturated rings. The Balaban J connectivity index is 1.63. The number of rotatable bonds is 5. The van der Waals surface area contributed by atoms with Crippen LogP contribution >= 0.6 is 0 Å². The van der Waals surface area contributed by atoms with Gasteiger partial charge in [-0.1, -0.05) is 30.3 Å². The van der Waals surface area contributed by atoms with Crippen molar-refractivity contribution in [2.75, 3.05) is 50.0 Å². The summed E-state index contributed by atoms with van der Waals surface area (Å²) in [7, 11) is 0.0345. The number of methoxy groups -OCH3 is 1. The number of sulfonamides is 1. The predicted molar refractivity (Wildman–Crippen MR) is 117 cm³/mol. The molecule has 0 spiro atoms. The summed E-state index contributed by atoms with van der Waals surface area (Å²) in [5.74, 6) is 0.739. The molecule has 152 valence electrons. The van der Waals surface area contributed by atoms with Gasteiger partial charge in [0.1, 0.15) is 5.75 Å². The van der Waals surface area contributed by atoms with Crippen LogP contribution in [0.3, 0.4) is 0 Å². The quantitative estimate of drug-likeness (QED) is 0.697. The van der Waals surface area contributed by atoms with Gasteiger partial charge in [0.25, 0.3) is 10.0 Å². The maximum atomic E-state index is 13.0. The first-order valence-corrected chi connectivity index (χ1v) is 11.1. The van der Waals surface area contributed by atoms with Gasteiger partial charge in [0.2, 0.25) is 0 Å². The van der Waals surface area contributed by atoms with Crippen molar-refractivity contribution in [1.29, 1.82) is 0 Å². The molecule has 0 aliphatic carbocycles. The molecule has 0 radical (unpaired) electrons. The second-order valence-corrected chi connectivity index (χ2v) is 8.97. The molecule has 1 saturated heterocycles. The SMILES string of the molecule is COc1ccc(NS(=O)(=O)c2ccc3ccccc3c2)cc1N1CCN(C)CC1. The minimum Gasteiger partial charge on any atom is -0.495 e. The van der Waals surface area contributed by atoms with Crippen LogP contribution < -0.4 is 14.4 Å². The number of likely N-dealkylation sites (N-methyl/N-ethyl adjacent to an activating group) is 1. The van der Waals surface area contributed by atoms with Crippen LogP contribution in [0.5, 0.6) is 5.75 Å². The average molecular weight is 412 g/mol. The summed E-state index contributed by atoms with van der Waals surface area (Å²) >= 11 is 0. The number of nitrogens with one attached hydrogen (secondary N) is 1. The molecular weight excluding hydrogens is 386 g/mol. The number of hydrogen-bond acceptors (Lipinski definition) is 5. The topological polar surface area (TPSA) is 61.9 Å². The molecule has 1 heterocycles. The first-order valence-electron chi connectivity index (χ1n) is 9.59. The van der Waals surface area contributed by atoms with E-state index in [1.54, 1.807) is 25.3 Å². The minimum atomic E-state index is -3.70. The van der Waals surface area contributed by atoms with Crippen molar-refractivity contribution in [1.82, 2.24) is 4.90 Å². The van der Waals surface area contributed by atoms with Gasteiger partial charge < -0.3 is 14.5 Å². The number of anilines is 2. The maximum absolute atomic E-state index is 13.0. The van der Waals surface area contributed by atoms with Crippen molar-refractivity contribution in [2.45, 2.75) is 4.90 Å². The first-order chi connectivity index (χ1) is 14.0. The third kappa shape index (κ3) is 4.16. The lowest BCUT2D eigenvalue weighted by Crippen LogP contribution is -2.44. The minimum absolute atomic E-state index is 0.244. The number of ether oxygens (including phenoxy) is 1.